The number of benzene rings is 1. The van der Waals surface area contributed by atoms with Crippen molar-refractivity contribution in [3.63, 3.8) is 0 Å². The minimum atomic E-state index is -2.62. The van der Waals surface area contributed by atoms with E-state index >= 15 is 0 Å². The van der Waals surface area contributed by atoms with Crippen molar-refractivity contribution < 1.29 is 13.2 Å². The van der Waals surface area contributed by atoms with Crippen LogP contribution in [0.15, 0.2) is 30.5 Å². The van der Waals surface area contributed by atoms with Gasteiger partial charge in [-0.05, 0) is 36.1 Å². The highest BCUT2D eigenvalue weighted by Gasteiger charge is 2.41. The van der Waals surface area contributed by atoms with Crippen LogP contribution in [0.4, 0.5) is 18.9 Å². The quantitative estimate of drug-likeness (QED) is 0.856. The first kappa shape index (κ1) is 14.0. The summed E-state index contributed by atoms with van der Waals surface area (Å²) >= 11 is 0. The molecule has 6 heteroatoms. The van der Waals surface area contributed by atoms with Crippen LogP contribution in [0.1, 0.15) is 36.1 Å². The fourth-order valence-corrected chi connectivity index (χ4v) is 2.67. The van der Waals surface area contributed by atoms with Gasteiger partial charge in [-0.25, -0.2) is 9.07 Å². The molecule has 21 heavy (non-hydrogen) atoms. The average molecular weight is 295 g/mol. The molecule has 2 atom stereocenters. The number of aromatic nitrogens is 2. The van der Waals surface area contributed by atoms with Gasteiger partial charge in [-0.15, -0.1) is 0 Å². The molecular formula is C15H16F3N3. The van der Waals surface area contributed by atoms with Gasteiger partial charge in [-0.1, -0.05) is 6.07 Å². The van der Waals surface area contributed by atoms with Gasteiger partial charge in [0.05, 0.1) is 11.4 Å². The minimum absolute atomic E-state index is 0.106. The van der Waals surface area contributed by atoms with Crippen LogP contribution in [0.3, 0.4) is 0 Å². The second kappa shape index (κ2) is 5.09. The van der Waals surface area contributed by atoms with Gasteiger partial charge in [-0.2, -0.15) is 13.9 Å². The van der Waals surface area contributed by atoms with Gasteiger partial charge in [0.1, 0.15) is 5.82 Å². The molecule has 0 N–H and O–H groups in total. The molecule has 1 aromatic carbocycles. The molecule has 112 valence electrons. The van der Waals surface area contributed by atoms with Crippen molar-refractivity contribution in [2.24, 2.45) is 0 Å². The highest BCUT2D eigenvalue weighted by Crippen LogP contribution is 2.54. The van der Waals surface area contributed by atoms with Crippen molar-refractivity contribution in [1.82, 2.24) is 9.78 Å². The van der Waals surface area contributed by atoms with Gasteiger partial charge in [0.15, 0.2) is 0 Å². The van der Waals surface area contributed by atoms with Gasteiger partial charge >= 0.3 is 6.55 Å². The van der Waals surface area contributed by atoms with E-state index in [1.807, 2.05) is 6.07 Å². The largest absolute Gasteiger partial charge is 0.375 e. The lowest BCUT2D eigenvalue weighted by atomic mass is 10.1. The third-order valence-corrected chi connectivity index (χ3v) is 3.88. The molecule has 1 aromatic heterocycles. The number of nitrogens with zero attached hydrogens (tertiary/aromatic N) is 3. The number of alkyl halides is 2. The summed E-state index contributed by atoms with van der Waals surface area (Å²) in [5, 5.41) is 3.88. The van der Waals surface area contributed by atoms with Gasteiger partial charge in [0, 0.05) is 26.2 Å². The van der Waals surface area contributed by atoms with Crippen LogP contribution in [0.5, 0.6) is 0 Å². The van der Waals surface area contributed by atoms with Crippen LogP contribution >= 0.6 is 0 Å². The van der Waals surface area contributed by atoms with E-state index in [0.717, 1.165) is 12.0 Å². The highest BCUT2D eigenvalue weighted by atomic mass is 19.3. The number of halogens is 3. The average Bonchev–Trinajstić information content (AvgIpc) is 3.06. The van der Waals surface area contributed by atoms with E-state index in [1.54, 1.807) is 31.1 Å². The van der Waals surface area contributed by atoms with Crippen LogP contribution in [0.2, 0.25) is 0 Å². The SMILES string of the molecule is CN(C)c1ccc([C@@H]2C[C@H]2c2ccn(C(F)F)n2)cc1F. The van der Waals surface area contributed by atoms with Gasteiger partial charge in [0.25, 0.3) is 0 Å². The highest BCUT2D eigenvalue weighted by molar-refractivity contribution is 5.49. The molecule has 0 aliphatic heterocycles. The van der Waals surface area contributed by atoms with Crippen molar-refractivity contribution in [2.75, 3.05) is 19.0 Å². The lowest BCUT2D eigenvalue weighted by Gasteiger charge is -2.14. The molecule has 2 aromatic rings. The van der Waals surface area contributed by atoms with Crippen molar-refractivity contribution in [1.29, 1.82) is 0 Å². The molecule has 3 nitrogen and oxygen atoms in total. The zero-order valence-corrected chi connectivity index (χ0v) is 11.8. The number of anilines is 1. The molecular weight excluding hydrogens is 279 g/mol. The lowest BCUT2D eigenvalue weighted by Crippen LogP contribution is -2.10. The zero-order valence-electron chi connectivity index (χ0n) is 11.8. The topological polar surface area (TPSA) is 21.1 Å². The maximum absolute atomic E-state index is 14.0. The predicted octanol–water partition coefficient (Wildman–Crippen LogP) is 3.75. The van der Waals surface area contributed by atoms with E-state index in [0.29, 0.717) is 16.1 Å². The molecule has 0 saturated heterocycles. The third-order valence-electron chi connectivity index (χ3n) is 3.88. The Bertz CT molecular complexity index is 651. The number of hydrogen-bond donors (Lipinski definition) is 0. The van der Waals surface area contributed by atoms with Gasteiger partial charge in [0.2, 0.25) is 0 Å². The van der Waals surface area contributed by atoms with E-state index in [9.17, 15) is 13.2 Å². The van der Waals surface area contributed by atoms with E-state index in [4.69, 9.17) is 0 Å². The Morgan fingerprint density at radius 3 is 2.57 bits per heavy atom. The normalized spacial score (nSPS) is 20.9. The minimum Gasteiger partial charge on any atom is -0.375 e. The summed E-state index contributed by atoms with van der Waals surface area (Å²) in [5.41, 5.74) is 2.09. The smallest absolute Gasteiger partial charge is 0.333 e. The van der Waals surface area contributed by atoms with Crippen molar-refractivity contribution >= 4 is 5.69 Å². The molecule has 0 unspecified atom stereocenters. The van der Waals surface area contributed by atoms with Crippen LogP contribution < -0.4 is 4.90 Å². The summed E-state index contributed by atoms with van der Waals surface area (Å²) in [5.74, 6) is 0.00704. The molecule has 1 aliphatic carbocycles. The predicted molar refractivity (Wildman–Crippen MR) is 74.3 cm³/mol. The summed E-state index contributed by atoms with van der Waals surface area (Å²) in [6.45, 7) is -2.62. The molecule has 0 bridgehead atoms. The van der Waals surface area contributed by atoms with Crippen LogP contribution in [-0.4, -0.2) is 23.9 Å². The van der Waals surface area contributed by atoms with E-state index in [2.05, 4.69) is 5.10 Å². The van der Waals surface area contributed by atoms with Crippen molar-refractivity contribution in [3.8, 4) is 0 Å². The maximum atomic E-state index is 14.0. The van der Waals surface area contributed by atoms with Crippen LogP contribution in [0, 0.1) is 5.82 Å². The summed E-state index contributed by atoms with van der Waals surface area (Å²) < 4.78 is 39.6. The summed E-state index contributed by atoms with van der Waals surface area (Å²) in [7, 11) is 3.57. The monoisotopic (exact) mass is 295 g/mol. The Morgan fingerprint density at radius 1 is 1.24 bits per heavy atom. The van der Waals surface area contributed by atoms with Crippen molar-refractivity contribution in [3.05, 3.63) is 47.5 Å². The van der Waals surface area contributed by atoms with Gasteiger partial charge < -0.3 is 4.90 Å². The molecule has 1 heterocycles. The Kier molecular flexibility index (Phi) is 3.39. The van der Waals surface area contributed by atoms with Gasteiger partial charge in [-0.3, -0.25) is 0 Å². The molecule has 1 fully saturated rings. The van der Waals surface area contributed by atoms with E-state index in [1.165, 1.54) is 12.3 Å². The van der Waals surface area contributed by atoms with Crippen LogP contribution in [0.25, 0.3) is 0 Å². The summed E-state index contributed by atoms with van der Waals surface area (Å²) in [6.07, 6.45) is 2.10. The fraction of sp³-hybridized carbons (Fsp3) is 0.400. The van der Waals surface area contributed by atoms with Crippen LogP contribution in [-0.2, 0) is 0 Å². The number of rotatable bonds is 4. The number of hydrogen-bond acceptors (Lipinski definition) is 2. The second-order valence-electron chi connectivity index (χ2n) is 5.55. The fourth-order valence-electron chi connectivity index (χ4n) is 2.67. The first-order valence-corrected chi connectivity index (χ1v) is 6.77. The van der Waals surface area contributed by atoms with E-state index in [-0.39, 0.29) is 17.7 Å². The molecule has 1 aliphatic rings. The Morgan fingerprint density at radius 2 is 2.00 bits per heavy atom. The Hall–Kier alpha value is -1.98. The Labute approximate surface area is 121 Å². The molecule has 0 spiro atoms. The third kappa shape index (κ3) is 2.62. The lowest BCUT2D eigenvalue weighted by molar-refractivity contribution is 0.0562. The summed E-state index contributed by atoms with van der Waals surface area (Å²) in [4.78, 5) is 1.72. The molecule has 3 rings (SSSR count). The standard InChI is InChI=1S/C15H16F3N3/c1-20(2)14-4-3-9(7-12(14)16)10-8-11(10)13-5-6-21(19-13)15(17)18/h3-7,10-11,15H,8H2,1-2H3/t10-,11+/m0/s1. The first-order valence-electron chi connectivity index (χ1n) is 6.77. The molecule has 1 saturated carbocycles. The molecule has 0 radical (unpaired) electrons. The second-order valence-corrected chi connectivity index (χ2v) is 5.55. The van der Waals surface area contributed by atoms with Crippen molar-refractivity contribution in [2.45, 2.75) is 24.8 Å². The Balaban J connectivity index is 1.76. The molecule has 0 amide bonds. The summed E-state index contributed by atoms with van der Waals surface area (Å²) in [6, 6.07) is 6.79. The zero-order chi connectivity index (χ0) is 15.1. The maximum Gasteiger partial charge on any atom is 0.333 e. The van der Waals surface area contributed by atoms with E-state index < -0.39 is 6.55 Å². The first-order chi connectivity index (χ1) is 9.97.